The van der Waals surface area contributed by atoms with Gasteiger partial charge < -0.3 is 9.84 Å². The Morgan fingerprint density at radius 2 is 2.13 bits per heavy atom. The molecule has 0 fully saturated rings. The van der Waals surface area contributed by atoms with Gasteiger partial charge in [0.2, 0.25) is 5.91 Å². The highest BCUT2D eigenvalue weighted by Crippen LogP contribution is 2.15. The van der Waals surface area contributed by atoms with Crippen molar-refractivity contribution in [3.8, 4) is 0 Å². The highest BCUT2D eigenvalue weighted by Gasteiger charge is 2.10. The maximum atomic E-state index is 13.4. The second kappa shape index (κ2) is 8.72. The topological polar surface area (TPSA) is 55.1 Å². The lowest BCUT2D eigenvalue weighted by atomic mass is 10.1. The molecule has 0 aliphatic heterocycles. The van der Waals surface area contributed by atoms with E-state index < -0.39 is 0 Å². The third-order valence-electron chi connectivity index (χ3n) is 3.57. The van der Waals surface area contributed by atoms with Crippen LogP contribution in [0.3, 0.4) is 0 Å². The van der Waals surface area contributed by atoms with Gasteiger partial charge in [0.1, 0.15) is 11.6 Å². The fourth-order valence-electron chi connectivity index (χ4n) is 2.25. The van der Waals surface area contributed by atoms with Crippen molar-refractivity contribution in [3.63, 3.8) is 0 Å². The Hall–Kier alpha value is -1.82. The van der Waals surface area contributed by atoms with Gasteiger partial charge in [0.25, 0.3) is 0 Å². The number of thioether (sulfide) groups is 1. The van der Waals surface area contributed by atoms with Gasteiger partial charge in [0.15, 0.2) is 0 Å². The Morgan fingerprint density at radius 3 is 2.83 bits per heavy atom. The average molecular weight is 336 g/mol. The van der Waals surface area contributed by atoms with Crippen LogP contribution in [0.1, 0.15) is 29.0 Å². The molecular formula is C17H21FN2O2S. The number of nitrogens with one attached hydrogen (secondary N) is 1. The average Bonchev–Trinajstić information content (AvgIpc) is 2.85. The molecule has 2 aromatic rings. The quantitative estimate of drug-likeness (QED) is 0.751. The number of carbonyl (C=O) groups excluding carboxylic acids is 1. The molecule has 1 aromatic heterocycles. The molecule has 0 bridgehead atoms. The first kappa shape index (κ1) is 17.5. The van der Waals surface area contributed by atoms with E-state index in [9.17, 15) is 9.18 Å². The molecule has 0 aliphatic rings. The lowest BCUT2D eigenvalue weighted by Crippen LogP contribution is -2.26. The van der Waals surface area contributed by atoms with Crippen molar-refractivity contribution in [2.24, 2.45) is 0 Å². The lowest BCUT2D eigenvalue weighted by Gasteiger charge is -2.06. The number of nitrogens with zero attached hydrogens (tertiary/aromatic N) is 1. The Labute approximate surface area is 139 Å². The van der Waals surface area contributed by atoms with Crippen molar-refractivity contribution in [2.75, 3.05) is 12.3 Å². The van der Waals surface area contributed by atoms with E-state index in [0.29, 0.717) is 30.7 Å². The summed E-state index contributed by atoms with van der Waals surface area (Å²) in [4.78, 5) is 11.8. The molecule has 1 N–H and O–H groups in total. The first-order valence-electron chi connectivity index (χ1n) is 7.57. The van der Waals surface area contributed by atoms with Crippen LogP contribution in [0.2, 0.25) is 0 Å². The largest absolute Gasteiger partial charge is 0.361 e. The summed E-state index contributed by atoms with van der Waals surface area (Å²) < 4.78 is 18.5. The fraction of sp³-hybridized carbons (Fsp3) is 0.412. The van der Waals surface area contributed by atoms with Crippen molar-refractivity contribution in [1.29, 1.82) is 0 Å². The van der Waals surface area contributed by atoms with Gasteiger partial charge in [0, 0.05) is 30.0 Å². The lowest BCUT2D eigenvalue weighted by molar-refractivity contribution is -0.120. The molecule has 0 spiro atoms. The highest BCUT2D eigenvalue weighted by molar-refractivity contribution is 7.98. The second-order valence-corrected chi connectivity index (χ2v) is 6.40. The summed E-state index contributed by atoms with van der Waals surface area (Å²) in [5.41, 5.74) is 2.55. The molecule has 0 aliphatic carbocycles. The zero-order valence-corrected chi connectivity index (χ0v) is 14.2. The van der Waals surface area contributed by atoms with E-state index >= 15 is 0 Å². The third-order valence-corrected chi connectivity index (χ3v) is 4.58. The van der Waals surface area contributed by atoms with Crippen LogP contribution in [0.4, 0.5) is 4.39 Å². The molecule has 0 saturated carbocycles. The minimum Gasteiger partial charge on any atom is -0.361 e. The number of hydrogen-bond donors (Lipinski definition) is 1. The molecule has 0 saturated heterocycles. The predicted octanol–water partition coefficient (Wildman–Crippen LogP) is 3.41. The summed E-state index contributed by atoms with van der Waals surface area (Å²) in [5, 5.41) is 6.76. The number of rotatable bonds is 8. The number of aryl methyl sites for hydroxylation is 2. The molecule has 0 unspecified atom stereocenters. The molecule has 0 atom stereocenters. The Kier molecular flexibility index (Phi) is 6.65. The minimum absolute atomic E-state index is 0.0106. The molecule has 2 rings (SSSR count). The van der Waals surface area contributed by atoms with E-state index in [1.807, 2.05) is 19.9 Å². The van der Waals surface area contributed by atoms with Gasteiger partial charge in [-0.1, -0.05) is 23.4 Å². The van der Waals surface area contributed by atoms with Crippen molar-refractivity contribution < 1.29 is 13.7 Å². The number of benzene rings is 1. The maximum Gasteiger partial charge on any atom is 0.220 e. The molecular weight excluding hydrogens is 315 g/mol. The fourth-order valence-corrected chi connectivity index (χ4v) is 3.09. The van der Waals surface area contributed by atoms with Crippen molar-refractivity contribution in [3.05, 3.63) is 52.7 Å². The van der Waals surface area contributed by atoms with Crippen LogP contribution in [-0.2, 0) is 17.0 Å². The normalized spacial score (nSPS) is 10.7. The molecule has 23 heavy (non-hydrogen) atoms. The Bertz CT molecular complexity index is 638. The zero-order chi connectivity index (χ0) is 16.7. The van der Waals surface area contributed by atoms with Gasteiger partial charge in [-0.25, -0.2) is 4.39 Å². The maximum absolute atomic E-state index is 13.4. The second-order valence-electron chi connectivity index (χ2n) is 5.30. The molecule has 6 heteroatoms. The summed E-state index contributed by atoms with van der Waals surface area (Å²) in [6.45, 7) is 4.31. The zero-order valence-electron chi connectivity index (χ0n) is 13.4. The third kappa shape index (κ3) is 5.39. The smallest absolute Gasteiger partial charge is 0.220 e. The van der Waals surface area contributed by atoms with Crippen LogP contribution < -0.4 is 5.32 Å². The monoisotopic (exact) mass is 336 g/mol. The van der Waals surface area contributed by atoms with Gasteiger partial charge in [-0.05, 0) is 31.9 Å². The SMILES string of the molecule is Cc1noc(C)c1CCC(=O)NCCSCc1ccccc1F. The van der Waals surface area contributed by atoms with E-state index in [-0.39, 0.29) is 11.7 Å². The van der Waals surface area contributed by atoms with Crippen LogP contribution in [0.5, 0.6) is 0 Å². The Balaban J connectivity index is 1.61. The van der Waals surface area contributed by atoms with Crippen LogP contribution in [0.15, 0.2) is 28.8 Å². The predicted molar refractivity (Wildman–Crippen MR) is 89.9 cm³/mol. The van der Waals surface area contributed by atoms with E-state index in [1.165, 1.54) is 6.07 Å². The standard InChI is InChI=1S/C17H21FN2O2S/c1-12-15(13(2)22-20-12)7-8-17(21)19-9-10-23-11-14-5-3-4-6-16(14)18/h3-6H,7-11H2,1-2H3,(H,19,21). The van der Waals surface area contributed by atoms with Gasteiger partial charge >= 0.3 is 0 Å². The van der Waals surface area contributed by atoms with E-state index in [4.69, 9.17) is 4.52 Å². The van der Waals surface area contributed by atoms with Crippen molar-refractivity contribution in [2.45, 2.75) is 32.4 Å². The van der Waals surface area contributed by atoms with E-state index in [2.05, 4.69) is 10.5 Å². The summed E-state index contributed by atoms with van der Waals surface area (Å²) in [7, 11) is 0. The van der Waals surface area contributed by atoms with E-state index in [0.717, 1.165) is 22.8 Å². The van der Waals surface area contributed by atoms with Gasteiger partial charge in [-0.3, -0.25) is 4.79 Å². The first-order valence-corrected chi connectivity index (χ1v) is 8.73. The number of aromatic nitrogens is 1. The number of halogens is 1. The number of amides is 1. The summed E-state index contributed by atoms with van der Waals surface area (Å²) in [6, 6.07) is 6.76. The molecule has 1 heterocycles. The van der Waals surface area contributed by atoms with Gasteiger partial charge in [-0.15, -0.1) is 0 Å². The van der Waals surface area contributed by atoms with Crippen molar-refractivity contribution in [1.82, 2.24) is 10.5 Å². The molecule has 4 nitrogen and oxygen atoms in total. The Morgan fingerprint density at radius 1 is 1.35 bits per heavy atom. The van der Waals surface area contributed by atoms with Crippen LogP contribution in [0, 0.1) is 19.7 Å². The van der Waals surface area contributed by atoms with Crippen LogP contribution in [-0.4, -0.2) is 23.4 Å². The van der Waals surface area contributed by atoms with Crippen LogP contribution in [0.25, 0.3) is 0 Å². The molecule has 1 aromatic carbocycles. The number of hydrogen-bond acceptors (Lipinski definition) is 4. The first-order chi connectivity index (χ1) is 11.1. The summed E-state index contributed by atoms with van der Waals surface area (Å²) in [6.07, 6.45) is 1.05. The summed E-state index contributed by atoms with van der Waals surface area (Å²) >= 11 is 1.60. The molecule has 124 valence electrons. The molecule has 0 radical (unpaired) electrons. The van der Waals surface area contributed by atoms with Crippen molar-refractivity contribution >= 4 is 17.7 Å². The van der Waals surface area contributed by atoms with Crippen LogP contribution >= 0.6 is 11.8 Å². The minimum atomic E-state index is -0.177. The number of carbonyl (C=O) groups is 1. The molecule has 1 amide bonds. The van der Waals surface area contributed by atoms with E-state index in [1.54, 1.807) is 23.9 Å². The van der Waals surface area contributed by atoms with Gasteiger partial charge in [-0.2, -0.15) is 11.8 Å². The highest BCUT2D eigenvalue weighted by atomic mass is 32.2. The summed E-state index contributed by atoms with van der Waals surface area (Å²) in [5.74, 6) is 1.98. The van der Waals surface area contributed by atoms with Gasteiger partial charge in [0.05, 0.1) is 5.69 Å².